The van der Waals surface area contributed by atoms with Crippen LogP contribution in [0.5, 0.6) is 0 Å². The van der Waals surface area contributed by atoms with Gasteiger partial charge in [0.05, 0.1) is 12.0 Å². The first-order valence-corrected chi connectivity index (χ1v) is 6.47. The van der Waals surface area contributed by atoms with Crippen molar-refractivity contribution in [1.29, 1.82) is 0 Å². The number of rotatable bonds is 7. The van der Waals surface area contributed by atoms with Crippen molar-refractivity contribution in [3.63, 3.8) is 0 Å². The molecule has 0 aromatic heterocycles. The topological polar surface area (TPSA) is 26.3 Å². The molecule has 0 amide bonds. The molecule has 0 aromatic carbocycles. The number of halogens is 1. The molecule has 0 aromatic rings. The molecule has 0 bridgehead atoms. The summed E-state index contributed by atoms with van der Waals surface area (Å²) in [5, 5.41) is -0.262. The van der Waals surface area contributed by atoms with E-state index in [2.05, 4.69) is 27.7 Å². The number of hydrogen-bond acceptors (Lipinski definition) is 2. The second-order valence-electron chi connectivity index (χ2n) is 5.35. The van der Waals surface area contributed by atoms with Gasteiger partial charge in [-0.05, 0) is 30.4 Å². The fraction of sp³-hybridized carbons (Fsp3) is 0.923. The van der Waals surface area contributed by atoms with Gasteiger partial charge in [0, 0.05) is 6.61 Å². The van der Waals surface area contributed by atoms with Gasteiger partial charge >= 0.3 is 0 Å². The van der Waals surface area contributed by atoms with Gasteiger partial charge in [0.15, 0.2) is 0 Å². The maximum absolute atomic E-state index is 11.8. The molecule has 96 valence electrons. The summed E-state index contributed by atoms with van der Waals surface area (Å²) in [7, 11) is 0. The molecule has 0 aliphatic rings. The standard InChI is InChI=1S/C13H25ClO2/c1-6-8-9-13(11(14)15,10-16-7-2)12(3,4)5/h6-10H2,1-5H3. The molecule has 0 heterocycles. The van der Waals surface area contributed by atoms with E-state index >= 15 is 0 Å². The zero-order chi connectivity index (χ0) is 12.8. The van der Waals surface area contributed by atoms with E-state index < -0.39 is 5.41 Å². The minimum atomic E-state index is -0.555. The fourth-order valence-corrected chi connectivity index (χ4v) is 2.30. The Morgan fingerprint density at radius 2 is 1.81 bits per heavy atom. The Kier molecular flexibility index (Phi) is 6.57. The van der Waals surface area contributed by atoms with Crippen LogP contribution in [0.25, 0.3) is 0 Å². The molecule has 0 radical (unpaired) electrons. The summed E-state index contributed by atoms with van der Waals surface area (Å²) < 4.78 is 5.48. The van der Waals surface area contributed by atoms with E-state index in [4.69, 9.17) is 16.3 Å². The molecule has 16 heavy (non-hydrogen) atoms. The Hall–Kier alpha value is -0.0800. The van der Waals surface area contributed by atoms with Gasteiger partial charge in [-0.3, -0.25) is 4.79 Å². The van der Waals surface area contributed by atoms with Gasteiger partial charge in [0.25, 0.3) is 0 Å². The minimum absolute atomic E-state index is 0.170. The molecule has 0 fully saturated rings. The second-order valence-corrected chi connectivity index (χ2v) is 5.69. The first kappa shape index (κ1) is 15.9. The highest BCUT2D eigenvalue weighted by atomic mass is 35.5. The van der Waals surface area contributed by atoms with Gasteiger partial charge in [0.1, 0.15) is 0 Å². The Morgan fingerprint density at radius 3 is 2.12 bits per heavy atom. The van der Waals surface area contributed by atoms with Crippen LogP contribution in [0.2, 0.25) is 0 Å². The van der Waals surface area contributed by atoms with E-state index in [1.54, 1.807) is 0 Å². The fourth-order valence-electron chi connectivity index (χ4n) is 1.87. The van der Waals surface area contributed by atoms with Crippen LogP contribution in [0.1, 0.15) is 53.9 Å². The highest BCUT2D eigenvalue weighted by Crippen LogP contribution is 2.45. The van der Waals surface area contributed by atoms with Gasteiger partial charge < -0.3 is 4.74 Å². The molecule has 0 aliphatic heterocycles. The molecular formula is C13H25ClO2. The third-order valence-corrected chi connectivity index (χ3v) is 3.68. The second kappa shape index (κ2) is 6.61. The first-order chi connectivity index (χ1) is 7.31. The highest BCUT2D eigenvalue weighted by Gasteiger charge is 2.47. The Labute approximate surface area is 105 Å². The number of carbonyl (C=O) groups excluding carboxylic acids is 1. The molecule has 0 aliphatic carbocycles. The van der Waals surface area contributed by atoms with Crippen molar-refractivity contribution in [3.8, 4) is 0 Å². The molecule has 0 saturated heterocycles. The monoisotopic (exact) mass is 248 g/mol. The van der Waals surface area contributed by atoms with Gasteiger partial charge in [-0.2, -0.15) is 0 Å². The van der Waals surface area contributed by atoms with Crippen LogP contribution < -0.4 is 0 Å². The van der Waals surface area contributed by atoms with Crippen LogP contribution in [0.3, 0.4) is 0 Å². The molecule has 0 spiro atoms. The van der Waals surface area contributed by atoms with Crippen molar-refractivity contribution in [2.45, 2.75) is 53.9 Å². The Morgan fingerprint density at radius 1 is 1.25 bits per heavy atom. The van der Waals surface area contributed by atoms with Crippen LogP contribution in [0, 0.1) is 10.8 Å². The predicted molar refractivity (Wildman–Crippen MR) is 68.8 cm³/mol. The lowest BCUT2D eigenvalue weighted by molar-refractivity contribution is -0.133. The summed E-state index contributed by atoms with van der Waals surface area (Å²) >= 11 is 5.84. The lowest BCUT2D eigenvalue weighted by atomic mass is 9.65. The minimum Gasteiger partial charge on any atom is -0.381 e. The van der Waals surface area contributed by atoms with E-state index in [-0.39, 0.29) is 10.7 Å². The van der Waals surface area contributed by atoms with E-state index in [9.17, 15) is 4.79 Å². The molecule has 0 N–H and O–H groups in total. The molecular weight excluding hydrogens is 224 g/mol. The van der Waals surface area contributed by atoms with Crippen LogP contribution in [-0.4, -0.2) is 18.5 Å². The number of unbranched alkanes of at least 4 members (excludes halogenated alkanes) is 1. The summed E-state index contributed by atoms with van der Waals surface area (Å²) in [6, 6.07) is 0. The third kappa shape index (κ3) is 3.74. The summed E-state index contributed by atoms with van der Waals surface area (Å²) in [5.41, 5.74) is -0.725. The number of hydrogen-bond donors (Lipinski definition) is 0. The number of ether oxygens (including phenoxy) is 1. The summed E-state index contributed by atoms with van der Waals surface area (Å²) in [6.45, 7) is 11.3. The SMILES string of the molecule is CCCCC(COCC)(C(=O)Cl)C(C)(C)C. The molecule has 1 atom stereocenters. The van der Waals surface area contributed by atoms with Gasteiger partial charge in [-0.15, -0.1) is 0 Å². The quantitative estimate of drug-likeness (QED) is 0.637. The first-order valence-electron chi connectivity index (χ1n) is 6.09. The molecule has 3 heteroatoms. The maximum atomic E-state index is 11.8. The van der Waals surface area contributed by atoms with Crippen molar-refractivity contribution >= 4 is 16.8 Å². The number of carbonyl (C=O) groups is 1. The average Bonchev–Trinajstić information content (AvgIpc) is 2.16. The van der Waals surface area contributed by atoms with Crippen LogP contribution in [0.15, 0.2) is 0 Å². The van der Waals surface area contributed by atoms with Gasteiger partial charge in [0.2, 0.25) is 5.24 Å². The van der Waals surface area contributed by atoms with E-state index in [1.807, 2.05) is 6.92 Å². The van der Waals surface area contributed by atoms with Crippen LogP contribution >= 0.6 is 11.6 Å². The summed E-state index contributed by atoms with van der Waals surface area (Å²) in [6.07, 6.45) is 2.87. The molecule has 0 rings (SSSR count). The third-order valence-electron chi connectivity index (χ3n) is 3.32. The smallest absolute Gasteiger partial charge is 0.230 e. The zero-order valence-corrected chi connectivity index (χ0v) is 12.0. The highest BCUT2D eigenvalue weighted by molar-refractivity contribution is 6.64. The average molecular weight is 249 g/mol. The van der Waals surface area contributed by atoms with Crippen molar-refractivity contribution in [2.24, 2.45) is 10.8 Å². The van der Waals surface area contributed by atoms with Crippen molar-refractivity contribution < 1.29 is 9.53 Å². The van der Waals surface area contributed by atoms with Crippen LogP contribution in [-0.2, 0) is 9.53 Å². The normalized spacial score (nSPS) is 15.9. The Balaban J connectivity index is 4.98. The van der Waals surface area contributed by atoms with E-state index in [0.717, 1.165) is 19.3 Å². The maximum Gasteiger partial charge on any atom is 0.230 e. The Bertz CT molecular complexity index is 210. The van der Waals surface area contributed by atoms with Gasteiger partial charge in [-0.1, -0.05) is 40.5 Å². The summed E-state index contributed by atoms with van der Waals surface area (Å²) in [4.78, 5) is 11.8. The zero-order valence-electron chi connectivity index (χ0n) is 11.2. The van der Waals surface area contributed by atoms with Gasteiger partial charge in [-0.25, -0.2) is 0 Å². The predicted octanol–water partition coefficient (Wildman–Crippen LogP) is 4.01. The molecule has 2 nitrogen and oxygen atoms in total. The van der Waals surface area contributed by atoms with Crippen molar-refractivity contribution in [3.05, 3.63) is 0 Å². The van der Waals surface area contributed by atoms with E-state index in [1.165, 1.54) is 0 Å². The van der Waals surface area contributed by atoms with Crippen LogP contribution in [0.4, 0.5) is 0 Å². The molecule has 0 saturated carbocycles. The van der Waals surface area contributed by atoms with Crippen molar-refractivity contribution in [2.75, 3.05) is 13.2 Å². The summed E-state index contributed by atoms with van der Waals surface area (Å²) in [5.74, 6) is 0. The lowest BCUT2D eigenvalue weighted by Crippen LogP contribution is -2.45. The molecule has 1 unspecified atom stereocenters. The van der Waals surface area contributed by atoms with Crippen molar-refractivity contribution in [1.82, 2.24) is 0 Å². The lowest BCUT2D eigenvalue weighted by Gasteiger charge is -2.41. The largest absolute Gasteiger partial charge is 0.381 e. The van der Waals surface area contributed by atoms with E-state index in [0.29, 0.717) is 13.2 Å².